The van der Waals surface area contributed by atoms with Crippen LogP contribution in [0, 0.1) is 17.8 Å². The number of nitrogens with zero attached hydrogens (tertiary/aromatic N) is 2. The van der Waals surface area contributed by atoms with Crippen molar-refractivity contribution >= 4 is 5.91 Å². The average Bonchev–Trinajstić information content (AvgIpc) is 3.30. The molecule has 2 fully saturated rings. The molecule has 3 atom stereocenters. The van der Waals surface area contributed by atoms with E-state index in [1.807, 2.05) is 24.0 Å². The molecule has 3 heterocycles. The lowest BCUT2D eigenvalue weighted by atomic mass is 9.68. The molecule has 1 saturated heterocycles. The van der Waals surface area contributed by atoms with Crippen LogP contribution in [0.5, 0.6) is 11.5 Å². The fourth-order valence-corrected chi connectivity index (χ4v) is 5.70. The number of fused-ring (bicyclic) bond motifs is 1. The number of hydrogen-bond acceptors (Lipinski definition) is 7. The zero-order valence-electron chi connectivity index (χ0n) is 20.7. The number of aliphatic hydroxyl groups is 1. The predicted octanol–water partition coefficient (Wildman–Crippen LogP) is 3.14. The Morgan fingerprint density at radius 2 is 1.94 bits per heavy atom. The number of aliphatic hydroxyl groups excluding tert-OH is 1. The minimum atomic E-state index is -0.423. The van der Waals surface area contributed by atoms with Crippen molar-refractivity contribution in [3.05, 3.63) is 35.6 Å². The Morgan fingerprint density at radius 3 is 2.66 bits per heavy atom. The van der Waals surface area contributed by atoms with Gasteiger partial charge >= 0.3 is 0 Å². The van der Waals surface area contributed by atoms with Gasteiger partial charge in [0.25, 0.3) is 5.91 Å². The van der Waals surface area contributed by atoms with Gasteiger partial charge in [-0.3, -0.25) is 9.69 Å². The molecule has 5 rings (SSSR count). The summed E-state index contributed by atoms with van der Waals surface area (Å²) in [5.41, 5.74) is 1.18. The molecule has 0 radical (unpaired) electrons. The summed E-state index contributed by atoms with van der Waals surface area (Å²) in [6.45, 7) is 6.74. The molecule has 1 aromatic carbocycles. The number of carbonyl (C=O) groups excluding carboxylic acids is 1. The summed E-state index contributed by atoms with van der Waals surface area (Å²) in [5, 5.41) is 9.40. The molecule has 4 aliphatic rings. The maximum Gasteiger partial charge on any atom is 0.288 e. The van der Waals surface area contributed by atoms with E-state index in [2.05, 4.69) is 17.0 Å². The molecule has 8 nitrogen and oxygen atoms in total. The molecule has 1 saturated carbocycles. The van der Waals surface area contributed by atoms with Gasteiger partial charge in [0.2, 0.25) is 13.1 Å². The van der Waals surface area contributed by atoms with E-state index in [1.54, 1.807) is 0 Å². The van der Waals surface area contributed by atoms with Crippen LogP contribution in [0.2, 0.25) is 0 Å². The molecular weight excluding hydrogens is 448 g/mol. The maximum absolute atomic E-state index is 13.5. The van der Waals surface area contributed by atoms with Crippen LogP contribution in [-0.2, 0) is 20.8 Å². The van der Waals surface area contributed by atoms with Gasteiger partial charge in [-0.25, -0.2) is 0 Å². The van der Waals surface area contributed by atoms with Crippen LogP contribution in [-0.4, -0.2) is 73.3 Å². The van der Waals surface area contributed by atoms with Crippen molar-refractivity contribution in [1.82, 2.24) is 9.80 Å². The van der Waals surface area contributed by atoms with Crippen LogP contribution < -0.4 is 9.47 Å². The molecule has 3 aliphatic heterocycles. The summed E-state index contributed by atoms with van der Waals surface area (Å²) < 4.78 is 23.1. The Hall–Kier alpha value is -2.29. The third-order valence-corrected chi connectivity index (χ3v) is 7.87. The Labute approximate surface area is 207 Å². The van der Waals surface area contributed by atoms with Crippen LogP contribution in [0.4, 0.5) is 0 Å². The highest BCUT2D eigenvalue weighted by atomic mass is 16.7. The third kappa shape index (κ3) is 5.44. The Kier molecular flexibility index (Phi) is 7.80. The minimum Gasteiger partial charge on any atom is -0.459 e. The molecule has 0 spiro atoms. The van der Waals surface area contributed by atoms with Crippen LogP contribution in [0.25, 0.3) is 0 Å². The molecule has 0 unspecified atom stereocenters. The van der Waals surface area contributed by atoms with Gasteiger partial charge < -0.3 is 29.0 Å². The molecule has 35 heavy (non-hydrogen) atoms. The Morgan fingerprint density at radius 1 is 1.14 bits per heavy atom. The number of ether oxygens (including phenoxy) is 4. The van der Waals surface area contributed by atoms with E-state index in [1.165, 1.54) is 24.8 Å². The summed E-state index contributed by atoms with van der Waals surface area (Å²) >= 11 is 0. The largest absolute Gasteiger partial charge is 0.459 e. The number of allylic oxidation sites excluding steroid dienone is 1. The number of amides is 1. The number of rotatable bonds is 9. The zero-order chi connectivity index (χ0) is 24.2. The van der Waals surface area contributed by atoms with Gasteiger partial charge in [0.15, 0.2) is 17.3 Å². The first kappa shape index (κ1) is 24.4. The highest BCUT2D eigenvalue weighted by Crippen LogP contribution is 2.45. The first-order valence-corrected chi connectivity index (χ1v) is 13.2. The normalized spacial score (nSPS) is 26.7. The summed E-state index contributed by atoms with van der Waals surface area (Å²) in [6, 6.07) is 6.08. The van der Waals surface area contributed by atoms with Crippen LogP contribution >= 0.6 is 0 Å². The average molecular weight is 487 g/mol. The SMILES string of the molecule is CCO[C@H]1OC(C(=O)N2CCN(Cc3ccc4c(c3)OCO4)CC2)=C[C@@H](C2CCC2)[C@H]1CCCO. The van der Waals surface area contributed by atoms with Crippen molar-refractivity contribution in [2.75, 3.05) is 46.2 Å². The molecule has 1 amide bonds. The molecule has 192 valence electrons. The van der Waals surface area contributed by atoms with E-state index in [0.717, 1.165) is 44.0 Å². The predicted molar refractivity (Wildman–Crippen MR) is 130 cm³/mol. The molecule has 8 heteroatoms. The summed E-state index contributed by atoms with van der Waals surface area (Å²) in [6.07, 6.45) is 6.86. The summed E-state index contributed by atoms with van der Waals surface area (Å²) in [7, 11) is 0. The minimum absolute atomic E-state index is 0.0256. The molecule has 0 bridgehead atoms. The van der Waals surface area contributed by atoms with Gasteiger partial charge in [-0.1, -0.05) is 12.5 Å². The highest BCUT2D eigenvalue weighted by Gasteiger charge is 2.42. The maximum atomic E-state index is 13.5. The summed E-state index contributed by atoms with van der Waals surface area (Å²) in [5.74, 6) is 3.06. The van der Waals surface area contributed by atoms with E-state index >= 15 is 0 Å². The number of hydrogen-bond donors (Lipinski definition) is 1. The lowest BCUT2D eigenvalue weighted by Gasteiger charge is -2.44. The quantitative estimate of drug-likeness (QED) is 0.574. The van der Waals surface area contributed by atoms with Crippen molar-refractivity contribution in [2.24, 2.45) is 17.8 Å². The third-order valence-electron chi connectivity index (χ3n) is 7.87. The Balaban J connectivity index is 1.21. The first-order valence-electron chi connectivity index (χ1n) is 13.2. The number of carbonyl (C=O) groups is 1. The van der Waals surface area contributed by atoms with E-state index < -0.39 is 6.29 Å². The van der Waals surface area contributed by atoms with Crippen molar-refractivity contribution in [3.63, 3.8) is 0 Å². The van der Waals surface area contributed by atoms with Crippen LogP contribution in [0.3, 0.4) is 0 Å². The lowest BCUT2D eigenvalue weighted by Crippen LogP contribution is -2.50. The topological polar surface area (TPSA) is 80.7 Å². The van der Waals surface area contributed by atoms with E-state index in [9.17, 15) is 9.90 Å². The highest BCUT2D eigenvalue weighted by molar-refractivity contribution is 5.91. The van der Waals surface area contributed by atoms with Crippen molar-refractivity contribution in [2.45, 2.75) is 51.9 Å². The molecule has 0 aromatic heterocycles. The zero-order valence-corrected chi connectivity index (χ0v) is 20.7. The lowest BCUT2D eigenvalue weighted by molar-refractivity contribution is -0.181. The van der Waals surface area contributed by atoms with Gasteiger partial charge in [0.1, 0.15) is 0 Å². The van der Waals surface area contributed by atoms with Crippen molar-refractivity contribution in [3.8, 4) is 11.5 Å². The standard InChI is InChI=1S/C27H38N2O6/c1-2-32-27-21(7-4-14-30)22(20-5-3-6-20)16-25(35-27)26(31)29-12-10-28(11-13-29)17-19-8-9-23-24(15-19)34-18-33-23/h8-9,15-16,20-22,27,30H,2-7,10-14,17-18H2,1H3/t21-,22+,27+/m1/s1. The number of piperazine rings is 1. The summed E-state index contributed by atoms with van der Waals surface area (Å²) in [4.78, 5) is 17.8. The first-order chi connectivity index (χ1) is 17.2. The van der Waals surface area contributed by atoms with Crippen LogP contribution in [0.1, 0.15) is 44.6 Å². The van der Waals surface area contributed by atoms with Crippen molar-refractivity contribution < 1.29 is 28.8 Å². The van der Waals surface area contributed by atoms with E-state index in [0.29, 0.717) is 31.4 Å². The van der Waals surface area contributed by atoms with E-state index in [4.69, 9.17) is 18.9 Å². The van der Waals surface area contributed by atoms with Gasteiger partial charge in [0.05, 0.1) is 0 Å². The van der Waals surface area contributed by atoms with Gasteiger partial charge in [-0.15, -0.1) is 0 Å². The second kappa shape index (κ2) is 11.2. The van der Waals surface area contributed by atoms with Gasteiger partial charge in [0, 0.05) is 51.9 Å². The fraction of sp³-hybridized carbons (Fsp3) is 0.667. The smallest absolute Gasteiger partial charge is 0.288 e. The van der Waals surface area contributed by atoms with Gasteiger partial charge in [-0.2, -0.15) is 0 Å². The number of benzene rings is 1. The van der Waals surface area contributed by atoms with E-state index in [-0.39, 0.29) is 31.1 Å². The Bertz CT molecular complexity index is 909. The second-order valence-electron chi connectivity index (χ2n) is 10.0. The van der Waals surface area contributed by atoms with Gasteiger partial charge in [-0.05, 0) is 68.2 Å². The molecular formula is C27H38N2O6. The molecule has 1 aromatic rings. The molecule has 1 N–H and O–H groups in total. The fourth-order valence-electron chi connectivity index (χ4n) is 5.70. The molecule has 1 aliphatic carbocycles. The van der Waals surface area contributed by atoms with Crippen molar-refractivity contribution in [1.29, 1.82) is 0 Å². The van der Waals surface area contributed by atoms with Crippen LogP contribution in [0.15, 0.2) is 30.0 Å². The monoisotopic (exact) mass is 486 g/mol. The second-order valence-corrected chi connectivity index (χ2v) is 10.0.